The molecular weight excluding hydrogens is 256 g/mol. The first-order valence-electron chi connectivity index (χ1n) is 6.44. The molecule has 4 nitrogen and oxygen atoms in total. The molecule has 100 valence electrons. The minimum absolute atomic E-state index is 0.161. The van der Waals surface area contributed by atoms with Crippen molar-refractivity contribution in [2.24, 2.45) is 5.92 Å². The van der Waals surface area contributed by atoms with E-state index in [1.807, 2.05) is 11.8 Å². The Bertz CT molecular complexity index is 320. The predicted octanol–water partition coefficient (Wildman–Crippen LogP) is 0.801. The molecule has 17 heavy (non-hydrogen) atoms. The minimum Gasteiger partial charge on any atom is -0.313 e. The lowest BCUT2D eigenvalue weighted by Gasteiger charge is -2.22. The van der Waals surface area contributed by atoms with E-state index in [9.17, 15) is 8.42 Å². The largest absolute Gasteiger partial charge is 0.313 e. The van der Waals surface area contributed by atoms with E-state index in [4.69, 9.17) is 0 Å². The summed E-state index contributed by atoms with van der Waals surface area (Å²) in [6, 6.07) is 0.161. The molecule has 1 unspecified atom stereocenters. The molecule has 0 spiro atoms. The molecule has 0 radical (unpaired) electrons. The van der Waals surface area contributed by atoms with Gasteiger partial charge in [0.15, 0.2) is 0 Å². The fourth-order valence-electron chi connectivity index (χ4n) is 2.42. The molecule has 2 aliphatic rings. The summed E-state index contributed by atoms with van der Waals surface area (Å²) in [5, 5.41) is 3.23. The van der Waals surface area contributed by atoms with E-state index < -0.39 is 10.0 Å². The molecule has 2 heterocycles. The number of rotatable bonds is 5. The molecule has 2 N–H and O–H groups in total. The summed E-state index contributed by atoms with van der Waals surface area (Å²) < 4.78 is 26.5. The second-order valence-corrected chi connectivity index (χ2v) is 8.06. The van der Waals surface area contributed by atoms with Crippen LogP contribution in [-0.2, 0) is 10.0 Å². The predicted molar refractivity (Wildman–Crippen MR) is 72.9 cm³/mol. The van der Waals surface area contributed by atoms with Gasteiger partial charge in [0.05, 0.1) is 5.75 Å². The van der Waals surface area contributed by atoms with Crippen molar-refractivity contribution in [3.05, 3.63) is 0 Å². The normalized spacial score (nSPS) is 27.4. The number of thioether (sulfide) groups is 1. The van der Waals surface area contributed by atoms with Crippen molar-refractivity contribution in [2.75, 3.05) is 30.3 Å². The van der Waals surface area contributed by atoms with Crippen LogP contribution in [-0.4, -0.2) is 44.8 Å². The molecule has 1 atom stereocenters. The van der Waals surface area contributed by atoms with E-state index in [0.29, 0.717) is 12.5 Å². The zero-order valence-corrected chi connectivity index (χ0v) is 11.8. The van der Waals surface area contributed by atoms with E-state index in [-0.39, 0.29) is 11.8 Å². The first-order valence-corrected chi connectivity index (χ1v) is 9.25. The zero-order chi connectivity index (χ0) is 12.1. The molecular formula is C11H22N2O2S2. The third-order valence-electron chi connectivity index (χ3n) is 3.52. The number of hydrogen-bond donors (Lipinski definition) is 2. The molecule has 2 rings (SSSR count). The van der Waals surface area contributed by atoms with Crippen LogP contribution in [0.4, 0.5) is 0 Å². The number of sulfonamides is 1. The van der Waals surface area contributed by atoms with Gasteiger partial charge in [-0.25, -0.2) is 13.1 Å². The van der Waals surface area contributed by atoms with Crippen molar-refractivity contribution in [2.45, 2.75) is 31.7 Å². The van der Waals surface area contributed by atoms with Crippen LogP contribution in [0.2, 0.25) is 0 Å². The molecule has 0 amide bonds. The van der Waals surface area contributed by atoms with Gasteiger partial charge in [0.25, 0.3) is 0 Å². The molecule has 0 aliphatic carbocycles. The Kier molecular flexibility index (Phi) is 5.14. The minimum atomic E-state index is -3.08. The van der Waals surface area contributed by atoms with Gasteiger partial charge in [-0.3, -0.25) is 0 Å². The Morgan fingerprint density at radius 2 is 2.00 bits per heavy atom. The van der Waals surface area contributed by atoms with Gasteiger partial charge in [0.1, 0.15) is 0 Å². The van der Waals surface area contributed by atoms with E-state index >= 15 is 0 Å². The lowest BCUT2D eigenvalue weighted by atomic mass is 10.0. The fraction of sp³-hybridized carbons (Fsp3) is 1.00. The van der Waals surface area contributed by atoms with Gasteiger partial charge in [0, 0.05) is 12.6 Å². The summed E-state index contributed by atoms with van der Waals surface area (Å²) in [6.45, 7) is 1.59. The van der Waals surface area contributed by atoms with Crippen LogP contribution >= 0.6 is 11.8 Å². The smallest absolute Gasteiger partial charge is 0.213 e. The van der Waals surface area contributed by atoms with Gasteiger partial charge in [-0.2, -0.15) is 11.8 Å². The van der Waals surface area contributed by atoms with Crippen molar-refractivity contribution in [1.82, 2.24) is 10.0 Å². The van der Waals surface area contributed by atoms with E-state index in [1.54, 1.807) is 0 Å². The second-order valence-electron chi connectivity index (χ2n) is 4.98. The van der Waals surface area contributed by atoms with E-state index in [2.05, 4.69) is 10.0 Å². The van der Waals surface area contributed by atoms with Crippen LogP contribution in [0.1, 0.15) is 25.7 Å². The first kappa shape index (κ1) is 13.6. The molecule has 0 aromatic carbocycles. The molecule has 0 saturated carbocycles. The maximum absolute atomic E-state index is 11.9. The fourth-order valence-corrected chi connectivity index (χ4v) is 5.04. The van der Waals surface area contributed by atoms with Crippen LogP contribution in [0.3, 0.4) is 0 Å². The highest BCUT2D eigenvalue weighted by Crippen LogP contribution is 2.22. The first-order chi connectivity index (χ1) is 8.16. The highest BCUT2D eigenvalue weighted by Gasteiger charge is 2.23. The van der Waals surface area contributed by atoms with Gasteiger partial charge in [0.2, 0.25) is 10.0 Å². The third-order valence-corrected chi connectivity index (χ3v) is 6.01. The molecule has 0 aromatic heterocycles. The highest BCUT2D eigenvalue weighted by atomic mass is 32.2. The van der Waals surface area contributed by atoms with Gasteiger partial charge in [-0.1, -0.05) is 0 Å². The highest BCUT2D eigenvalue weighted by molar-refractivity contribution is 7.99. The van der Waals surface area contributed by atoms with Crippen LogP contribution in [0.25, 0.3) is 0 Å². The van der Waals surface area contributed by atoms with Gasteiger partial charge >= 0.3 is 0 Å². The molecule has 2 fully saturated rings. The lowest BCUT2D eigenvalue weighted by Crippen LogP contribution is -2.39. The van der Waals surface area contributed by atoms with Crippen LogP contribution in [0, 0.1) is 5.92 Å². The number of hydrogen-bond acceptors (Lipinski definition) is 4. The topological polar surface area (TPSA) is 58.2 Å². The Morgan fingerprint density at radius 1 is 1.24 bits per heavy atom. The molecule has 6 heteroatoms. The van der Waals surface area contributed by atoms with Crippen molar-refractivity contribution in [1.29, 1.82) is 0 Å². The Labute approximate surface area is 108 Å². The van der Waals surface area contributed by atoms with Gasteiger partial charge < -0.3 is 5.32 Å². The van der Waals surface area contributed by atoms with Crippen molar-refractivity contribution < 1.29 is 8.42 Å². The standard InChI is InChI=1S/C11H22N2O2S2/c14-17(15,9-11-2-1-5-12-11)13-8-10-3-6-16-7-4-10/h10-13H,1-9H2. The summed E-state index contributed by atoms with van der Waals surface area (Å²) in [5.41, 5.74) is 0. The summed E-state index contributed by atoms with van der Waals surface area (Å²) in [4.78, 5) is 0. The van der Waals surface area contributed by atoms with Crippen molar-refractivity contribution >= 4 is 21.8 Å². The van der Waals surface area contributed by atoms with Gasteiger partial charge in [-0.05, 0) is 49.7 Å². The summed E-state index contributed by atoms with van der Waals surface area (Å²) in [6.07, 6.45) is 4.38. The summed E-state index contributed by atoms with van der Waals surface area (Å²) in [5.74, 6) is 3.14. The Balaban J connectivity index is 1.72. The average molecular weight is 278 g/mol. The molecule has 2 aliphatic heterocycles. The third kappa shape index (κ3) is 4.77. The lowest BCUT2D eigenvalue weighted by molar-refractivity contribution is 0.475. The Morgan fingerprint density at radius 3 is 2.65 bits per heavy atom. The monoisotopic (exact) mass is 278 g/mol. The number of nitrogens with one attached hydrogen (secondary N) is 2. The quantitative estimate of drug-likeness (QED) is 0.781. The van der Waals surface area contributed by atoms with Crippen molar-refractivity contribution in [3.63, 3.8) is 0 Å². The average Bonchev–Trinajstić information content (AvgIpc) is 2.80. The second kappa shape index (κ2) is 6.41. The van der Waals surface area contributed by atoms with Crippen LogP contribution in [0.15, 0.2) is 0 Å². The maximum Gasteiger partial charge on any atom is 0.213 e. The van der Waals surface area contributed by atoms with E-state index in [0.717, 1.165) is 32.2 Å². The van der Waals surface area contributed by atoms with Crippen LogP contribution in [0.5, 0.6) is 0 Å². The SMILES string of the molecule is O=S(=O)(CC1CCCN1)NCC1CCSCC1. The Hall–Kier alpha value is 0.220. The molecule has 0 bridgehead atoms. The van der Waals surface area contributed by atoms with Crippen molar-refractivity contribution in [3.8, 4) is 0 Å². The summed E-state index contributed by atoms with van der Waals surface area (Å²) in [7, 11) is -3.08. The summed E-state index contributed by atoms with van der Waals surface area (Å²) >= 11 is 1.97. The van der Waals surface area contributed by atoms with E-state index in [1.165, 1.54) is 11.5 Å². The zero-order valence-electron chi connectivity index (χ0n) is 10.2. The van der Waals surface area contributed by atoms with Gasteiger partial charge in [-0.15, -0.1) is 0 Å². The van der Waals surface area contributed by atoms with Crippen LogP contribution < -0.4 is 10.0 Å². The molecule has 0 aromatic rings. The molecule has 2 saturated heterocycles. The maximum atomic E-state index is 11.9.